The lowest BCUT2D eigenvalue weighted by Crippen LogP contribution is -2.45. The molecule has 2 N–H and O–H groups in total. The number of rotatable bonds is 8. The van der Waals surface area contributed by atoms with Crippen molar-refractivity contribution in [3.05, 3.63) is 52.9 Å². The molecule has 3 aliphatic heterocycles. The van der Waals surface area contributed by atoms with E-state index in [1.807, 2.05) is 6.07 Å². The van der Waals surface area contributed by atoms with Gasteiger partial charge in [0.05, 0.1) is 28.3 Å². The van der Waals surface area contributed by atoms with Crippen LogP contribution in [-0.2, 0) is 0 Å². The van der Waals surface area contributed by atoms with Crippen LogP contribution < -0.4 is 25.6 Å². The third kappa shape index (κ3) is 6.27. The molecule has 4 aromatic rings. The molecule has 10 nitrogen and oxygen atoms in total. The topological polar surface area (TPSA) is 94.6 Å². The van der Waals surface area contributed by atoms with Crippen molar-refractivity contribution >= 4 is 69.0 Å². The SMILES string of the molecule is COc1cc(N2CCC(N3C[C@H]4CN(C)C[C@H]4C3)CC2)c(C)cc1Nc1ncc(Br)c(Nc2ccc3nccnc3c2P(C)C)n1. The molecule has 242 valence electrons. The van der Waals surface area contributed by atoms with Crippen LogP contribution in [0.25, 0.3) is 11.0 Å². The maximum Gasteiger partial charge on any atom is 0.229 e. The summed E-state index contributed by atoms with van der Waals surface area (Å²) in [6.45, 7) is 13.8. The van der Waals surface area contributed by atoms with Crippen molar-refractivity contribution in [2.75, 3.05) is 82.3 Å². The molecule has 0 radical (unpaired) electrons. The zero-order valence-electron chi connectivity index (χ0n) is 27.3. The lowest BCUT2D eigenvalue weighted by molar-refractivity contribution is 0.184. The van der Waals surface area contributed by atoms with E-state index in [-0.39, 0.29) is 0 Å². The van der Waals surface area contributed by atoms with Gasteiger partial charge in [0.1, 0.15) is 11.6 Å². The second-order valence-corrected chi connectivity index (χ2v) is 16.3. The lowest BCUT2D eigenvalue weighted by atomic mass is 10.0. The second kappa shape index (κ2) is 13.2. The Labute approximate surface area is 281 Å². The molecular weight excluding hydrogens is 661 g/mol. The number of ether oxygens (including phenoxy) is 1. The van der Waals surface area contributed by atoms with Crippen molar-refractivity contribution in [1.82, 2.24) is 29.7 Å². The summed E-state index contributed by atoms with van der Waals surface area (Å²) in [5.41, 5.74) is 6.06. The summed E-state index contributed by atoms with van der Waals surface area (Å²) in [5, 5.41) is 8.12. The molecule has 2 aromatic heterocycles. The first-order chi connectivity index (χ1) is 22.3. The highest BCUT2D eigenvalue weighted by Crippen LogP contribution is 2.39. The number of methoxy groups -OCH3 is 1. The molecule has 2 aromatic carbocycles. The maximum absolute atomic E-state index is 5.90. The average molecular weight is 705 g/mol. The number of hydrogen-bond donors (Lipinski definition) is 2. The largest absolute Gasteiger partial charge is 0.494 e. The number of likely N-dealkylation sites (tertiary alicyclic amines) is 2. The Hall–Kier alpha value is -3.11. The normalized spacial score (nSPS) is 20.9. The van der Waals surface area contributed by atoms with Crippen molar-refractivity contribution in [2.24, 2.45) is 11.8 Å². The fourth-order valence-corrected chi connectivity index (χ4v) is 9.16. The van der Waals surface area contributed by atoms with Gasteiger partial charge in [-0.1, -0.05) is 7.92 Å². The standard InChI is InChI=1S/C34H43BrN9OP/c1-21-14-28(30(45-3)15-29(21)43-12-8-24(9-13-43)44-19-22-17-42(2)18-23(22)20-44)40-34-38-16-25(35)33(41-34)39-27-7-6-26-31(32(27)46(4)5)37-11-10-36-26/h6-7,10-11,14-16,22-24H,8-9,12-13,17-20H2,1-5H3,(H2,38,39,40,41)/t22-,23+. The fraction of sp³-hybridized carbons (Fsp3) is 0.471. The summed E-state index contributed by atoms with van der Waals surface area (Å²) in [4.78, 5) is 26.4. The molecule has 0 spiro atoms. The number of anilines is 5. The molecule has 12 heteroatoms. The summed E-state index contributed by atoms with van der Waals surface area (Å²) >= 11 is 3.65. The summed E-state index contributed by atoms with van der Waals surface area (Å²) < 4.78 is 6.67. The minimum atomic E-state index is -0.461. The number of benzene rings is 2. The van der Waals surface area contributed by atoms with E-state index in [4.69, 9.17) is 9.72 Å². The molecule has 0 saturated carbocycles. The van der Waals surface area contributed by atoms with Crippen LogP contribution in [0.5, 0.6) is 5.75 Å². The van der Waals surface area contributed by atoms with E-state index in [0.717, 1.165) is 62.9 Å². The van der Waals surface area contributed by atoms with Crippen LogP contribution in [0.15, 0.2) is 47.3 Å². The minimum absolute atomic E-state index is 0.461. The van der Waals surface area contributed by atoms with E-state index in [1.165, 1.54) is 50.3 Å². The highest BCUT2D eigenvalue weighted by molar-refractivity contribution is 9.10. The molecule has 0 aliphatic carbocycles. The van der Waals surface area contributed by atoms with Crippen LogP contribution in [0.2, 0.25) is 0 Å². The molecule has 2 atom stereocenters. The Morgan fingerprint density at radius 3 is 2.39 bits per heavy atom. The van der Waals surface area contributed by atoms with Gasteiger partial charge in [-0.15, -0.1) is 0 Å². The number of hydrogen-bond acceptors (Lipinski definition) is 10. The molecule has 46 heavy (non-hydrogen) atoms. The Bertz CT molecular complexity index is 1720. The highest BCUT2D eigenvalue weighted by Gasteiger charge is 2.41. The molecule has 7 rings (SSSR count). The monoisotopic (exact) mass is 703 g/mol. The molecule has 3 fully saturated rings. The molecule has 3 saturated heterocycles. The van der Waals surface area contributed by atoms with Gasteiger partial charge in [-0.3, -0.25) is 14.9 Å². The smallest absolute Gasteiger partial charge is 0.229 e. The van der Waals surface area contributed by atoms with E-state index < -0.39 is 7.92 Å². The maximum atomic E-state index is 5.90. The van der Waals surface area contributed by atoms with Gasteiger partial charge in [0.15, 0.2) is 0 Å². The number of aromatic nitrogens is 4. The molecular formula is C34H43BrN9OP. The second-order valence-electron chi connectivity index (χ2n) is 13.2. The van der Waals surface area contributed by atoms with E-state index >= 15 is 0 Å². The van der Waals surface area contributed by atoms with Crippen LogP contribution in [0.3, 0.4) is 0 Å². The quantitative estimate of drug-likeness (QED) is 0.219. The first-order valence-corrected chi connectivity index (χ1v) is 19.1. The third-order valence-electron chi connectivity index (χ3n) is 9.84. The number of piperidine rings is 1. The fourth-order valence-electron chi connectivity index (χ4n) is 7.66. The molecule has 0 unspecified atom stereocenters. The van der Waals surface area contributed by atoms with Gasteiger partial charge < -0.3 is 25.2 Å². The molecule has 0 bridgehead atoms. The van der Waals surface area contributed by atoms with Crippen molar-refractivity contribution in [2.45, 2.75) is 25.8 Å². The lowest BCUT2D eigenvalue weighted by Gasteiger charge is -2.39. The number of aryl methyl sites for hydroxylation is 1. The van der Waals surface area contributed by atoms with Gasteiger partial charge in [0.2, 0.25) is 5.95 Å². The van der Waals surface area contributed by atoms with Gasteiger partial charge in [-0.2, -0.15) is 4.98 Å². The number of nitrogens with one attached hydrogen (secondary N) is 2. The Morgan fingerprint density at radius 1 is 0.935 bits per heavy atom. The van der Waals surface area contributed by atoms with Gasteiger partial charge >= 0.3 is 0 Å². The first kappa shape index (κ1) is 31.5. The van der Waals surface area contributed by atoms with E-state index in [0.29, 0.717) is 17.8 Å². The average Bonchev–Trinajstić information content (AvgIpc) is 3.60. The molecule has 0 amide bonds. The highest BCUT2D eigenvalue weighted by atomic mass is 79.9. The number of nitrogens with zero attached hydrogens (tertiary/aromatic N) is 7. The Kier molecular flexibility index (Phi) is 9.02. The molecule has 3 aliphatic rings. The summed E-state index contributed by atoms with van der Waals surface area (Å²) in [6, 6.07) is 9.07. The van der Waals surface area contributed by atoms with Crippen LogP contribution in [0, 0.1) is 18.8 Å². The summed E-state index contributed by atoms with van der Waals surface area (Å²) in [5.74, 6) is 3.66. The van der Waals surface area contributed by atoms with Gasteiger partial charge in [0, 0.05) is 86.6 Å². The van der Waals surface area contributed by atoms with E-state index in [1.54, 1.807) is 25.7 Å². The van der Waals surface area contributed by atoms with E-state index in [2.05, 4.69) is 102 Å². The number of fused-ring (bicyclic) bond motifs is 2. The van der Waals surface area contributed by atoms with Crippen molar-refractivity contribution < 1.29 is 4.74 Å². The van der Waals surface area contributed by atoms with Crippen LogP contribution in [0.1, 0.15) is 18.4 Å². The third-order valence-corrected chi connectivity index (χ3v) is 11.8. The van der Waals surface area contributed by atoms with Crippen LogP contribution >= 0.6 is 23.9 Å². The van der Waals surface area contributed by atoms with Gasteiger partial charge in [0.25, 0.3) is 0 Å². The van der Waals surface area contributed by atoms with Crippen molar-refractivity contribution in [1.29, 1.82) is 0 Å². The minimum Gasteiger partial charge on any atom is -0.494 e. The predicted octanol–water partition coefficient (Wildman–Crippen LogP) is 5.82. The van der Waals surface area contributed by atoms with Crippen molar-refractivity contribution in [3.63, 3.8) is 0 Å². The van der Waals surface area contributed by atoms with Gasteiger partial charge in [-0.05, 0) is 91.7 Å². The Morgan fingerprint density at radius 2 is 1.67 bits per heavy atom. The Balaban J connectivity index is 1.06. The zero-order chi connectivity index (χ0) is 31.9. The van der Waals surface area contributed by atoms with Crippen LogP contribution in [-0.4, -0.2) is 103 Å². The molecule has 5 heterocycles. The summed E-state index contributed by atoms with van der Waals surface area (Å²) in [7, 11) is 3.53. The van der Waals surface area contributed by atoms with Crippen LogP contribution in [0.4, 0.5) is 28.8 Å². The zero-order valence-corrected chi connectivity index (χ0v) is 29.8. The first-order valence-electron chi connectivity index (χ1n) is 16.1. The van der Waals surface area contributed by atoms with Gasteiger partial charge in [-0.25, -0.2) is 4.98 Å². The number of halogens is 1. The van der Waals surface area contributed by atoms with Crippen molar-refractivity contribution in [3.8, 4) is 5.75 Å². The van der Waals surface area contributed by atoms with E-state index in [9.17, 15) is 0 Å². The predicted molar refractivity (Wildman–Crippen MR) is 193 cm³/mol. The summed E-state index contributed by atoms with van der Waals surface area (Å²) in [6.07, 6.45) is 7.67.